The molecular weight excluding hydrogens is 399 g/mol. The predicted molar refractivity (Wildman–Crippen MR) is 101 cm³/mol. The van der Waals surface area contributed by atoms with Crippen molar-refractivity contribution in [3.05, 3.63) is 70.2 Å². The third-order valence-electron chi connectivity index (χ3n) is 3.71. The van der Waals surface area contributed by atoms with Gasteiger partial charge in [-0.3, -0.25) is 4.79 Å². The van der Waals surface area contributed by atoms with E-state index in [2.05, 4.69) is 15.5 Å². The molecule has 1 aliphatic rings. The lowest BCUT2D eigenvalue weighted by Gasteiger charge is -2.12. The van der Waals surface area contributed by atoms with Gasteiger partial charge in [-0.05, 0) is 35.7 Å². The highest BCUT2D eigenvalue weighted by Gasteiger charge is 2.34. The Balaban J connectivity index is 1.70. The Labute approximate surface area is 162 Å². The van der Waals surface area contributed by atoms with Crippen molar-refractivity contribution >= 4 is 40.7 Å². The number of nitrogens with one attached hydrogen (secondary N) is 1. The molecule has 0 radical (unpaired) electrons. The van der Waals surface area contributed by atoms with E-state index in [1.54, 1.807) is 0 Å². The quantitative estimate of drug-likeness (QED) is 0.594. The molecule has 0 aliphatic carbocycles. The van der Waals surface area contributed by atoms with Crippen LogP contribution in [0.5, 0.6) is 0 Å². The number of thioether (sulfide) groups is 1. The van der Waals surface area contributed by atoms with Crippen LogP contribution >= 0.6 is 23.4 Å². The average molecular weight is 412 g/mol. The maximum Gasteiger partial charge on any atom is 0.416 e. The van der Waals surface area contributed by atoms with Crippen LogP contribution in [0.15, 0.2) is 58.7 Å². The number of alkyl halides is 3. The number of hydrogen-bond donors (Lipinski definition) is 1. The first-order valence-electron chi connectivity index (χ1n) is 7.82. The van der Waals surface area contributed by atoms with E-state index in [0.29, 0.717) is 5.17 Å². The van der Waals surface area contributed by atoms with Gasteiger partial charge in [-0.2, -0.15) is 18.3 Å². The summed E-state index contributed by atoms with van der Waals surface area (Å²) < 4.78 is 38.6. The second kappa shape index (κ2) is 8.14. The number of hydrogen-bond acceptors (Lipinski definition) is 4. The third-order valence-corrected chi connectivity index (χ3v) is 5.15. The molecule has 1 fully saturated rings. The smallest absolute Gasteiger partial charge is 0.303 e. The van der Waals surface area contributed by atoms with Crippen LogP contribution in [-0.2, 0) is 17.4 Å². The van der Waals surface area contributed by atoms with Gasteiger partial charge in [0.1, 0.15) is 0 Å². The summed E-state index contributed by atoms with van der Waals surface area (Å²) >= 11 is 7.10. The molecule has 3 rings (SSSR count). The molecule has 0 saturated carbocycles. The summed E-state index contributed by atoms with van der Waals surface area (Å²) in [5.41, 5.74) is 0.309. The number of carbonyl (C=O) groups excluding carboxylic acids is 1. The van der Waals surface area contributed by atoms with E-state index in [0.717, 1.165) is 29.5 Å². The van der Waals surface area contributed by atoms with Crippen molar-refractivity contribution in [3.8, 4) is 0 Å². The fourth-order valence-corrected chi connectivity index (χ4v) is 3.53. The van der Waals surface area contributed by atoms with E-state index < -0.39 is 17.0 Å². The fourth-order valence-electron chi connectivity index (χ4n) is 2.38. The highest BCUT2D eigenvalue weighted by Crippen LogP contribution is 2.33. The van der Waals surface area contributed by atoms with E-state index in [1.807, 2.05) is 30.3 Å². The molecule has 140 valence electrons. The van der Waals surface area contributed by atoms with Crippen LogP contribution in [0.25, 0.3) is 0 Å². The summed E-state index contributed by atoms with van der Waals surface area (Å²) in [5, 5.41) is 10.3. The summed E-state index contributed by atoms with van der Waals surface area (Å²) in [6.07, 6.45) is -2.87. The molecule has 1 saturated heterocycles. The Kier molecular flexibility index (Phi) is 5.86. The van der Waals surface area contributed by atoms with E-state index >= 15 is 0 Å². The van der Waals surface area contributed by atoms with Crippen LogP contribution in [0.4, 0.5) is 13.2 Å². The standard InChI is InChI=1S/C18H13ClF3N3OS/c19-14-7-6-13(18(20,21)22)8-12(14)9-15-16(26)24-17(27-15)25-23-10-11-4-2-1-3-5-11/h1-8,10,15H,9H2,(H,24,25,26)/b23-10-/t15-/m1/s1. The summed E-state index contributed by atoms with van der Waals surface area (Å²) in [6.45, 7) is 0. The molecule has 27 heavy (non-hydrogen) atoms. The molecule has 2 aromatic carbocycles. The Hall–Kier alpha value is -2.32. The van der Waals surface area contributed by atoms with Gasteiger partial charge in [0.25, 0.3) is 0 Å². The number of nitrogens with zero attached hydrogens (tertiary/aromatic N) is 2. The lowest BCUT2D eigenvalue weighted by atomic mass is 10.1. The molecule has 0 aromatic heterocycles. The summed E-state index contributed by atoms with van der Waals surface area (Å²) in [5.74, 6) is -0.345. The molecule has 1 aliphatic heterocycles. The SMILES string of the molecule is O=C1N/C(=N\N=C/c2ccccc2)S[C@@H]1Cc1cc(C(F)(F)F)ccc1Cl. The van der Waals surface area contributed by atoms with Crippen LogP contribution in [0.3, 0.4) is 0 Å². The maximum absolute atomic E-state index is 12.9. The van der Waals surface area contributed by atoms with Gasteiger partial charge in [0, 0.05) is 5.02 Å². The van der Waals surface area contributed by atoms with Crippen molar-refractivity contribution in [2.24, 2.45) is 10.2 Å². The highest BCUT2D eigenvalue weighted by molar-refractivity contribution is 8.15. The zero-order valence-electron chi connectivity index (χ0n) is 13.7. The van der Waals surface area contributed by atoms with Crippen LogP contribution < -0.4 is 5.32 Å². The van der Waals surface area contributed by atoms with Gasteiger partial charge in [-0.15, -0.1) is 5.10 Å². The summed E-state index contributed by atoms with van der Waals surface area (Å²) in [4.78, 5) is 12.1. The normalized spacial score (nSPS) is 19.0. The minimum Gasteiger partial charge on any atom is -0.303 e. The molecule has 1 N–H and O–H groups in total. The second-order valence-corrected chi connectivity index (χ2v) is 7.26. The van der Waals surface area contributed by atoms with Crippen molar-refractivity contribution in [1.82, 2.24) is 5.32 Å². The molecule has 0 spiro atoms. The second-order valence-electron chi connectivity index (χ2n) is 5.66. The lowest BCUT2D eigenvalue weighted by molar-refractivity contribution is -0.137. The molecule has 1 heterocycles. The van der Waals surface area contributed by atoms with Crippen LogP contribution in [0, 0.1) is 0 Å². The molecule has 1 amide bonds. The van der Waals surface area contributed by atoms with Gasteiger partial charge in [0.15, 0.2) is 5.17 Å². The summed E-state index contributed by atoms with van der Waals surface area (Å²) in [6, 6.07) is 12.4. The summed E-state index contributed by atoms with van der Waals surface area (Å²) in [7, 11) is 0. The monoisotopic (exact) mass is 411 g/mol. The third kappa shape index (κ3) is 5.11. The molecular formula is C18H13ClF3N3OS. The topological polar surface area (TPSA) is 53.8 Å². The van der Waals surface area contributed by atoms with Crippen molar-refractivity contribution in [2.45, 2.75) is 17.8 Å². The number of carbonyl (C=O) groups is 1. The van der Waals surface area contributed by atoms with E-state index in [4.69, 9.17) is 11.6 Å². The van der Waals surface area contributed by atoms with Gasteiger partial charge < -0.3 is 5.32 Å². The Morgan fingerprint density at radius 2 is 1.93 bits per heavy atom. The molecule has 0 unspecified atom stereocenters. The maximum atomic E-state index is 12.9. The van der Waals surface area contributed by atoms with E-state index in [9.17, 15) is 18.0 Å². The Bertz CT molecular complexity index is 900. The average Bonchev–Trinajstić information content (AvgIpc) is 2.96. The van der Waals surface area contributed by atoms with Crippen molar-refractivity contribution in [1.29, 1.82) is 0 Å². The fraction of sp³-hybridized carbons (Fsp3) is 0.167. The molecule has 1 atom stereocenters. The first-order chi connectivity index (χ1) is 12.8. The molecule has 0 bridgehead atoms. The van der Waals surface area contributed by atoms with Crippen LogP contribution in [0.1, 0.15) is 16.7 Å². The molecule has 2 aromatic rings. The number of amidine groups is 1. The zero-order valence-corrected chi connectivity index (χ0v) is 15.3. The minimum absolute atomic E-state index is 0.0562. The molecule has 9 heteroatoms. The largest absolute Gasteiger partial charge is 0.416 e. The first kappa shape index (κ1) is 19.4. The Morgan fingerprint density at radius 3 is 2.63 bits per heavy atom. The predicted octanol–water partition coefficient (Wildman–Crippen LogP) is 4.52. The minimum atomic E-state index is -4.47. The number of halogens is 4. The number of amides is 1. The van der Waals surface area contributed by atoms with E-state index in [1.165, 1.54) is 12.3 Å². The number of rotatable bonds is 4. The van der Waals surface area contributed by atoms with Gasteiger partial charge in [0.2, 0.25) is 5.91 Å². The van der Waals surface area contributed by atoms with Gasteiger partial charge in [-0.1, -0.05) is 53.7 Å². The number of benzene rings is 2. The van der Waals surface area contributed by atoms with Crippen molar-refractivity contribution in [3.63, 3.8) is 0 Å². The van der Waals surface area contributed by atoms with Gasteiger partial charge >= 0.3 is 6.18 Å². The van der Waals surface area contributed by atoms with Crippen LogP contribution in [-0.4, -0.2) is 22.5 Å². The van der Waals surface area contributed by atoms with Crippen molar-refractivity contribution in [2.75, 3.05) is 0 Å². The highest BCUT2D eigenvalue weighted by atomic mass is 35.5. The van der Waals surface area contributed by atoms with Crippen LogP contribution in [0.2, 0.25) is 5.02 Å². The molecule has 4 nitrogen and oxygen atoms in total. The lowest BCUT2D eigenvalue weighted by Crippen LogP contribution is -2.26. The van der Waals surface area contributed by atoms with Gasteiger partial charge in [-0.25, -0.2) is 0 Å². The first-order valence-corrected chi connectivity index (χ1v) is 9.08. The van der Waals surface area contributed by atoms with Crippen molar-refractivity contribution < 1.29 is 18.0 Å². The Morgan fingerprint density at radius 1 is 1.19 bits per heavy atom. The van der Waals surface area contributed by atoms with Gasteiger partial charge in [0.05, 0.1) is 17.0 Å². The van der Waals surface area contributed by atoms with E-state index in [-0.39, 0.29) is 22.9 Å². The zero-order chi connectivity index (χ0) is 19.4.